The lowest BCUT2D eigenvalue weighted by Crippen LogP contribution is -1.94. The molecule has 0 saturated heterocycles. The Labute approximate surface area is 73.6 Å². The Bertz CT molecular complexity index is 289. The van der Waals surface area contributed by atoms with E-state index in [2.05, 4.69) is 8.83 Å². The van der Waals surface area contributed by atoms with Crippen LogP contribution in [0.25, 0.3) is 0 Å². The first-order valence-corrected chi connectivity index (χ1v) is 5.90. The van der Waals surface area contributed by atoms with Crippen LogP contribution in [-0.4, -0.2) is 21.3 Å². The van der Waals surface area contributed by atoms with Crippen molar-refractivity contribution in [3.05, 3.63) is 0 Å². The van der Waals surface area contributed by atoms with Gasteiger partial charge in [-0.3, -0.25) is 4.52 Å². The summed E-state index contributed by atoms with van der Waals surface area (Å²) in [5.74, 6) is 0. The molecular weight excluding hydrogens is 224 g/mol. The molecule has 0 rings (SSSR count). The number of rotatable bonds is 5. The van der Waals surface area contributed by atoms with E-state index in [9.17, 15) is 9.13 Å². The van der Waals surface area contributed by atoms with Gasteiger partial charge in [0.2, 0.25) is 0 Å². The van der Waals surface area contributed by atoms with Crippen LogP contribution in [0, 0.1) is 11.3 Å². The van der Waals surface area contributed by atoms with E-state index in [0.29, 0.717) is 0 Å². The number of nitriles is 1. The Kier molecular flexibility index (Phi) is 4.75. The van der Waals surface area contributed by atoms with E-state index in [1.54, 1.807) is 6.07 Å². The van der Waals surface area contributed by atoms with Gasteiger partial charge in [0.05, 0.1) is 19.1 Å². The van der Waals surface area contributed by atoms with Crippen molar-refractivity contribution in [1.29, 1.82) is 5.26 Å². The minimum Gasteiger partial charge on any atom is -0.302 e. The third kappa shape index (κ3) is 8.09. The molecule has 0 amide bonds. The standard InChI is InChI=1S/C3H7NO7P2/c4-2-1-3-10-13(8,9)11-12(5,6)7/h1,3H2,(H,8,9)(H2,5,6,7). The summed E-state index contributed by atoms with van der Waals surface area (Å²) in [6.45, 7) is -0.440. The monoisotopic (exact) mass is 231 g/mol. The van der Waals surface area contributed by atoms with Gasteiger partial charge in [-0.15, -0.1) is 0 Å². The van der Waals surface area contributed by atoms with Gasteiger partial charge in [-0.1, -0.05) is 0 Å². The summed E-state index contributed by atoms with van der Waals surface area (Å²) in [4.78, 5) is 24.8. The van der Waals surface area contributed by atoms with Crippen LogP contribution >= 0.6 is 15.6 Å². The van der Waals surface area contributed by atoms with Gasteiger partial charge in [-0.05, 0) is 0 Å². The molecule has 1 unspecified atom stereocenters. The summed E-state index contributed by atoms with van der Waals surface area (Å²) < 4.78 is 28.1. The Morgan fingerprint density at radius 1 is 1.31 bits per heavy atom. The topological polar surface area (TPSA) is 137 Å². The molecule has 0 aromatic rings. The van der Waals surface area contributed by atoms with Crippen molar-refractivity contribution < 1.29 is 32.6 Å². The van der Waals surface area contributed by atoms with Crippen molar-refractivity contribution in [2.45, 2.75) is 6.42 Å². The molecule has 0 aliphatic carbocycles. The number of hydrogen-bond donors (Lipinski definition) is 3. The number of phosphoric ester groups is 1. The molecule has 0 aliphatic heterocycles. The minimum absolute atomic E-state index is 0.185. The third-order valence-corrected chi connectivity index (χ3v) is 2.86. The molecule has 10 heteroatoms. The van der Waals surface area contributed by atoms with Crippen LogP contribution in [0.15, 0.2) is 0 Å². The van der Waals surface area contributed by atoms with E-state index in [1.165, 1.54) is 0 Å². The zero-order valence-electron chi connectivity index (χ0n) is 6.23. The fourth-order valence-electron chi connectivity index (χ4n) is 0.365. The average molecular weight is 231 g/mol. The fourth-order valence-corrected chi connectivity index (χ4v) is 1.95. The highest BCUT2D eigenvalue weighted by molar-refractivity contribution is 7.60. The third-order valence-electron chi connectivity index (χ3n) is 0.678. The average Bonchev–Trinajstić information content (AvgIpc) is 1.81. The van der Waals surface area contributed by atoms with Crippen LogP contribution in [0.4, 0.5) is 0 Å². The molecule has 0 spiro atoms. The van der Waals surface area contributed by atoms with Crippen molar-refractivity contribution >= 4 is 15.6 Å². The maximum Gasteiger partial charge on any atom is 0.481 e. The maximum absolute atomic E-state index is 10.6. The van der Waals surface area contributed by atoms with Gasteiger partial charge in [0.25, 0.3) is 0 Å². The first-order chi connectivity index (χ1) is 5.77. The largest absolute Gasteiger partial charge is 0.481 e. The quantitative estimate of drug-likeness (QED) is 0.448. The molecule has 1 atom stereocenters. The van der Waals surface area contributed by atoms with Crippen LogP contribution in [0.3, 0.4) is 0 Å². The van der Waals surface area contributed by atoms with Crippen molar-refractivity contribution in [3.8, 4) is 6.07 Å². The van der Waals surface area contributed by atoms with Crippen molar-refractivity contribution in [3.63, 3.8) is 0 Å². The molecular formula is C3H7NO7P2. The lowest BCUT2D eigenvalue weighted by molar-refractivity contribution is 0.181. The smallest absolute Gasteiger partial charge is 0.302 e. The van der Waals surface area contributed by atoms with Crippen LogP contribution in [0.2, 0.25) is 0 Å². The zero-order chi connectivity index (χ0) is 10.5. The summed E-state index contributed by atoms with van der Waals surface area (Å²) >= 11 is 0. The van der Waals surface area contributed by atoms with Gasteiger partial charge in [-0.2, -0.15) is 9.57 Å². The molecule has 8 nitrogen and oxygen atoms in total. The number of nitrogens with zero attached hydrogens (tertiary/aromatic N) is 1. The molecule has 13 heavy (non-hydrogen) atoms. The second-order valence-corrected chi connectivity index (χ2v) is 4.61. The highest BCUT2D eigenvalue weighted by Crippen LogP contribution is 2.57. The van der Waals surface area contributed by atoms with E-state index >= 15 is 0 Å². The SMILES string of the molecule is N#CCCOP(=O)(O)OP(=O)(O)O. The predicted molar refractivity (Wildman–Crippen MR) is 39.1 cm³/mol. The summed E-state index contributed by atoms with van der Waals surface area (Å²) in [5.41, 5.74) is 0. The van der Waals surface area contributed by atoms with Crippen molar-refractivity contribution in [1.82, 2.24) is 0 Å². The van der Waals surface area contributed by atoms with Crippen molar-refractivity contribution in [2.24, 2.45) is 0 Å². The van der Waals surface area contributed by atoms with Crippen LogP contribution in [-0.2, 0) is 18.0 Å². The normalized spacial score (nSPS) is 16.2. The number of hydrogen-bond acceptors (Lipinski definition) is 5. The molecule has 0 saturated carbocycles. The van der Waals surface area contributed by atoms with E-state index in [1.807, 2.05) is 0 Å². The maximum atomic E-state index is 10.6. The Hall–Kier alpha value is -0.250. The van der Waals surface area contributed by atoms with E-state index in [0.717, 1.165) is 0 Å². The van der Waals surface area contributed by atoms with Gasteiger partial charge in [-0.25, -0.2) is 9.13 Å². The number of phosphoric acid groups is 2. The van der Waals surface area contributed by atoms with Gasteiger partial charge in [0, 0.05) is 0 Å². The lowest BCUT2D eigenvalue weighted by Gasteiger charge is -2.10. The second-order valence-electron chi connectivity index (χ2n) is 1.78. The highest BCUT2D eigenvalue weighted by atomic mass is 31.3. The Morgan fingerprint density at radius 3 is 2.23 bits per heavy atom. The second kappa shape index (κ2) is 4.84. The predicted octanol–water partition coefficient (Wildman–Crippen LogP) is 0.126. The Balaban J connectivity index is 4.04. The van der Waals surface area contributed by atoms with Gasteiger partial charge in [0.15, 0.2) is 0 Å². The lowest BCUT2D eigenvalue weighted by atomic mass is 10.5. The Morgan fingerprint density at radius 2 is 1.85 bits per heavy atom. The van der Waals surface area contributed by atoms with Gasteiger partial charge >= 0.3 is 15.6 Å². The first-order valence-electron chi connectivity index (χ1n) is 2.88. The van der Waals surface area contributed by atoms with Crippen LogP contribution in [0.1, 0.15) is 6.42 Å². The molecule has 0 radical (unpaired) electrons. The molecule has 0 bridgehead atoms. The van der Waals surface area contributed by atoms with Gasteiger partial charge < -0.3 is 14.7 Å². The molecule has 0 fully saturated rings. The molecule has 0 aromatic heterocycles. The van der Waals surface area contributed by atoms with Crippen LogP contribution < -0.4 is 0 Å². The van der Waals surface area contributed by atoms with Crippen LogP contribution in [0.5, 0.6) is 0 Å². The molecule has 0 aromatic carbocycles. The zero-order valence-corrected chi connectivity index (χ0v) is 8.02. The first kappa shape index (κ1) is 12.8. The van der Waals surface area contributed by atoms with E-state index in [-0.39, 0.29) is 6.42 Å². The minimum atomic E-state index is -5.06. The van der Waals surface area contributed by atoms with E-state index in [4.69, 9.17) is 19.9 Å². The van der Waals surface area contributed by atoms with Gasteiger partial charge in [0.1, 0.15) is 0 Å². The summed E-state index contributed by atoms with van der Waals surface area (Å²) in [5, 5.41) is 8.00. The summed E-state index contributed by atoms with van der Waals surface area (Å²) in [6.07, 6.45) is -0.185. The van der Waals surface area contributed by atoms with E-state index < -0.39 is 22.3 Å². The molecule has 0 heterocycles. The molecule has 3 N–H and O–H groups in total. The summed E-state index contributed by atoms with van der Waals surface area (Å²) in [7, 11) is -9.81. The fraction of sp³-hybridized carbons (Fsp3) is 0.667. The van der Waals surface area contributed by atoms with Crippen molar-refractivity contribution in [2.75, 3.05) is 6.61 Å². The molecule has 76 valence electrons. The summed E-state index contributed by atoms with van der Waals surface area (Å²) in [6, 6.07) is 1.60. The molecule has 0 aliphatic rings. The highest BCUT2D eigenvalue weighted by Gasteiger charge is 2.31.